The Balaban J connectivity index is 2.06. The maximum Gasteiger partial charge on any atom is 0.279 e. The van der Waals surface area contributed by atoms with Crippen LogP contribution in [0.3, 0.4) is 0 Å². The third-order valence-electron chi connectivity index (χ3n) is 4.56. The Morgan fingerprint density at radius 2 is 1.69 bits per heavy atom. The molecule has 9 heteroatoms. The zero-order valence-electron chi connectivity index (χ0n) is 17.0. The molecule has 8 nitrogen and oxygen atoms in total. The second kappa shape index (κ2) is 9.06. The molecule has 1 atom stereocenters. The van der Waals surface area contributed by atoms with Crippen molar-refractivity contribution in [2.45, 2.75) is 38.7 Å². The number of carbonyl (C=O) groups is 2. The van der Waals surface area contributed by atoms with Crippen LogP contribution in [0, 0.1) is 20.8 Å². The van der Waals surface area contributed by atoms with Gasteiger partial charge in [-0.25, -0.2) is 13.1 Å². The fourth-order valence-electron chi connectivity index (χ4n) is 2.51. The molecule has 0 spiro atoms. The number of ether oxygens (including phenoxy) is 1. The van der Waals surface area contributed by atoms with Crippen LogP contribution >= 0.6 is 0 Å². The van der Waals surface area contributed by atoms with E-state index < -0.39 is 27.9 Å². The number of amides is 2. The minimum Gasteiger partial charge on any atom is -0.481 e. The highest BCUT2D eigenvalue weighted by Gasteiger charge is 2.19. The van der Waals surface area contributed by atoms with Crippen molar-refractivity contribution in [1.29, 1.82) is 0 Å². The molecular formula is C20H25N3O5S. The summed E-state index contributed by atoms with van der Waals surface area (Å²) in [6, 6.07) is 9.71. The minimum absolute atomic E-state index is 0.0475. The molecule has 2 amide bonds. The van der Waals surface area contributed by atoms with Gasteiger partial charge in [-0.05, 0) is 69.6 Å². The summed E-state index contributed by atoms with van der Waals surface area (Å²) in [6.07, 6.45) is -0.854. The second-order valence-corrected chi connectivity index (χ2v) is 8.47. The monoisotopic (exact) mass is 419 g/mol. The van der Waals surface area contributed by atoms with Gasteiger partial charge in [0.2, 0.25) is 10.0 Å². The lowest BCUT2D eigenvalue weighted by Gasteiger charge is -2.17. The van der Waals surface area contributed by atoms with E-state index in [4.69, 9.17) is 4.74 Å². The summed E-state index contributed by atoms with van der Waals surface area (Å²) < 4.78 is 31.7. The lowest BCUT2D eigenvalue weighted by molar-refractivity contribution is -0.128. The number of aryl methyl sites for hydroxylation is 2. The number of hydrogen-bond donors (Lipinski definition) is 3. The van der Waals surface area contributed by atoms with Gasteiger partial charge in [0.25, 0.3) is 11.8 Å². The normalized spacial score (nSPS) is 12.2. The van der Waals surface area contributed by atoms with Crippen LogP contribution in [-0.4, -0.2) is 33.4 Å². The molecule has 2 rings (SSSR count). The molecule has 3 N–H and O–H groups in total. The van der Waals surface area contributed by atoms with Crippen molar-refractivity contribution in [2.75, 3.05) is 7.05 Å². The molecule has 0 heterocycles. The molecular weight excluding hydrogens is 394 g/mol. The zero-order chi connectivity index (χ0) is 21.8. The van der Waals surface area contributed by atoms with Crippen molar-refractivity contribution in [3.8, 4) is 5.75 Å². The van der Waals surface area contributed by atoms with Crippen molar-refractivity contribution >= 4 is 21.8 Å². The molecule has 0 bridgehead atoms. The third-order valence-corrected chi connectivity index (χ3v) is 5.97. The van der Waals surface area contributed by atoms with Crippen LogP contribution in [0.25, 0.3) is 0 Å². The Kier molecular flexibility index (Phi) is 6.99. The van der Waals surface area contributed by atoms with E-state index in [0.29, 0.717) is 11.3 Å². The topological polar surface area (TPSA) is 114 Å². The van der Waals surface area contributed by atoms with E-state index in [1.807, 2.05) is 26.0 Å². The Morgan fingerprint density at radius 3 is 2.34 bits per heavy atom. The predicted molar refractivity (Wildman–Crippen MR) is 109 cm³/mol. The number of benzene rings is 2. The summed E-state index contributed by atoms with van der Waals surface area (Å²) in [6.45, 7) is 7.07. The van der Waals surface area contributed by atoms with Crippen LogP contribution in [0.2, 0.25) is 0 Å². The largest absolute Gasteiger partial charge is 0.481 e. The van der Waals surface area contributed by atoms with E-state index in [9.17, 15) is 18.0 Å². The number of carbonyl (C=O) groups excluding carboxylic acids is 2. The van der Waals surface area contributed by atoms with E-state index in [1.165, 1.54) is 25.2 Å². The average molecular weight is 420 g/mol. The van der Waals surface area contributed by atoms with Crippen LogP contribution in [0.4, 0.5) is 0 Å². The molecule has 156 valence electrons. The van der Waals surface area contributed by atoms with Crippen LogP contribution in [-0.2, 0) is 14.8 Å². The smallest absolute Gasteiger partial charge is 0.279 e. The fraction of sp³-hybridized carbons (Fsp3) is 0.300. The second-order valence-electron chi connectivity index (χ2n) is 6.59. The molecule has 29 heavy (non-hydrogen) atoms. The summed E-state index contributed by atoms with van der Waals surface area (Å²) in [7, 11) is -2.41. The maximum absolute atomic E-state index is 12.4. The highest BCUT2D eigenvalue weighted by atomic mass is 32.2. The van der Waals surface area contributed by atoms with Crippen molar-refractivity contribution in [2.24, 2.45) is 0 Å². The summed E-state index contributed by atoms with van der Waals surface area (Å²) >= 11 is 0. The van der Waals surface area contributed by atoms with Crippen molar-refractivity contribution in [1.82, 2.24) is 15.6 Å². The Labute approximate surface area is 170 Å². The first-order valence-corrected chi connectivity index (χ1v) is 10.4. The first-order valence-electron chi connectivity index (χ1n) is 8.94. The van der Waals surface area contributed by atoms with Crippen molar-refractivity contribution < 1.29 is 22.7 Å². The van der Waals surface area contributed by atoms with E-state index in [0.717, 1.165) is 11.1 Å². The predicted octanol–water partition coefficient (Wildman–Crippen LogP) is 1.75. The molecule has 0 saturated heterocycles. The van der Waals surface area contributed by atoms with Gasteiger partial charge < -0.3 is 4.74 Å². The number of sulfonamides is 1. The lowest BCUT2D eigenvalue weighted by Crippen LogP contribution is -2.47. The molecule has 2 aromatic rings. The van der Waals surface area contributed by atoms with Gasteiger partial charge in [0.15, 0.2) is 6.10 Å². The maximum atomic E-state index is 12.4. The molecule has 0 aliphatic heterocycles. The van der Waals surface area contributed by atoms with Gasteiger partial charge in [-0.2, -0.15) is 0 Å². The fourth-order valence-corrected chi connectivity index (χ4v) is 3.27. The van der Waals surface area contributed by atoms with Crippen LogP contribution in [0.15, 0.2) is 41.3 Å². The molecule has 0 fully saturated rings. The third kappa shape index (κ3) is 5.33. The highest BCUT2D eigenvalue weighted by Crippen LogP contribution is 2.21. The standard InChI is InChI=1S/C20H25N3O5S/c1-12-7-6-8-18(14(12)3)28-15(4)19(24)22-23-20(25)17-11-16(10-9-13(17)2)29(26,27)21-5/h6-11,15,21H,1-5H3,(H,22,24)(H,23,25)/t15-/m0/s1. The summed E-state index contributed by atoms with van der Waals surface area (Å²) in [5, 5.41) is 0. The minimum atomic E-state index is -3.70. The Bertz CT molecular complexity index is 1030. The van der Waals surface area contributed by atoms with Crippen LogP contribution in [0.5, 0.6) is 5.75 Å². The summed E-state index contributed by atoms with van der Waals surface area (Å²) in [5.41, 5.74) is 7.25. The van der Waals surface area contributed by atoms with Gasteiger partial charge >= 0.3 is 0 Å². The van der Waals surface area contributed by atoms with Gasteiger partial charge in [-0.15, -0.1) is 0 Å². The average Bonchev–Trinajstić information content (AvgIpc) is 2.69. The van der Waals surface area contributed by atoms with E-state index in [1.54, 1.807) is 19.9 Å². The van der Waals surface area contributed by atoms with E-state index >= 15 is 0 Å². The molecule has 0 unspecified atom stereocenters. The molecule has 0 saturated carbocycles. The lowest BCUT2D eigenvalue weighted by atomic mass is 10.1. The number of nitrogens with one attached hydrogen (secondary N) is 3. The molecule has 2 aromatic carbocycles. The van der Waals surface area contributed by atoms with Crippen LogP contribution in [0.1, 0.15) is 34.0 Å². The van der Waals surface area contributed by atoms with Gasteiger partial charge in [0.1, 0.15) is 5.75 Å². The van der Waals surface area contributed by atoms with E-state index in [-0.39, 0.29) is 10.5 Å². The summed E-state index contributed by atoms with van der Waals surface area (Å²) in [4.78, 5) is 24.7. The van der Waals surface area contributed by atoms with Gasteiger partial charge in [-0.1, -0.05) is 18.2 Å². The number of rotatable bonds is 6. The van der Waals surface area contributed by atoms with Crippen molar-refractivity contribution in [3.63, 3.8) is 0 Å². The van der Waals surface area contributed by atoms with Gasteiger partial charge in [0, 0.05) is 5.56 Å². The first kappa shape index (κ1) is 22.4. The Hall–Kier alpha value is -2.91. The van der Waals surface area contributed by atoms with Gasteiger partial charge in [-0.3, -0.25) is 20.4 Å². The SMILES string of the molecule is CNS(=O)(=O)c1ccc(C)c(C(=O)NNC(=O)[C@H](C)Oc2cccc(C)c2C)c1. The zero-order valence-corrected chi connectivity index (χ0v) is 17.8. The number of hydrogen-bond acceptors (Lipinski definition) is 5. The van der Waals surface area contributed by atoms with Crippen LogP contribution < -0.4 is 20.3 Å². The molecule has 0 aliphatic carbocycles. The molecule has 0 aliphatic rings. The van der Waals surface area contributed by atoms with E-state index in [2.05, 4.69) is 15.6 Å². The molecule has 0 aromatic heterocycles. The Morgan fingerprint density at radius 1 is 1.00 bits per heavy atom. The highest BCUT2D eigenvalue weighted by molar-refractivity contribution is 7.89. The summed E-state index contributed by atoms with van der Waals surface area (Å²) in [5.74, 6) is -0.598. The number of hydrazine groups is 1. The quantitative estimate of drug-likeness (QED) is 0.618. The first-order chi connectivity index (χ1) is 13.6. The molecule has 0 radical (unpaired) electrons. The van der Waals surface area contributed by atoms with Gasteiger partial charge in [0.05, 0.1) is 4.90 Å². The van der Waals surface area contributed by atoms with Crippen molar-refractivity contribution in [3.05, 3.63) is 58.7 Å².